The Morgan fingerprint density at radius 3 is 2.90 bits per heavy atom. The molecule has 1 aliphatic carbocycles. The molecule has 1 rings (SSSR count). The van der Waals surface area contributed by atoms with Crippen LogP contribution in [0.1, 0.15) is 33.1 Å². The SMILES string of the molecule is CC1=CC(C)(CC=O)CC1. The second kappa shape index (κ2) is 2.57. The van der Waals surface area contributed by atoms with Gasteiger partial charge in [0.15, 0.2) is 0 Å². The van der Waals surface area contributed by atoms with Crippen LogP contribution in [0.4, 0.5) is 0 Å². The van der Waals surface area contributed by atoms with Gasteiger partial charge in [0.1, 0.15) is 6.29 Å². The van der Waals surface area contributed by atoms with Crippen LogP contribution in [-0.2, 0) is 4.79 Å². The number of allylic oxidation sites excluding steroid dienone is 2. The Morgan fingerprint density at radius 2 is 2.50 bits per heavy atom. The first-order valence-electron chi connectivity index (χ1n) is 3.78. The fraction of sp³-hybridized carbons (Fsp3) is 0.667. The van der Waals surface area contributed by atoms with E-state index in [2.05, 4.69) is 19.9 Å². The molecule has 1 unspecified atom stereocenters. The van der Waals surface area contributed by atoms with E-state index in [4.69, 9.17) is 0 Å². The predicted octanol–water partition coefficient (Wildman–Crippen LogP) is 2.32. The van der Waals surface area contributed by atoms with E-state index in [-0.39, 0.29) is 5.41 Å². The summed E-state index contributed by atoms with van der Waals surface area (Å²) >= 11 is 0. The van der Waals surface area contributed by atoms with Crippen LogP contribution in [0.25, 0.3) is 0 Å². The summed E-state index contributed by atoms with van der Waals surface area (Å²) in [6.45, 7) is 4.29. The summed E-state index contributed by atoms with van der Waals surface area (Å²) < 4.78 is 0. The van der Waals surface area contributed by atoms with Gasteiger partial charge in [0.2, 0.25) is 0 Å². The Labute approximate surface area is 62.1 Å². The molecule has 0 aliphatic heterocycles. The van der Waals surface area contributed by atoms with Gasteiger partial charge in [-0.3, -0.25) is 0 Å². The summed E-state index contributed by atoms with van der Waals surface area (Å²) in [4.78, 5) is 10.2. The molecule has 0 amide bonds. The van der Waals surface area contributed by atoms with Crippen LogP contribution in [0.2, 0.25) is 0 Å². The Balaban J connectivity index is 2.62. The van der Waals surface area contributed by atoms with Crippen LogP contribution < -0.4 is 0 Å². The van der Waals surface area contributed by atoms with Crippen molar-refractivity contribution in [3.05, 3.63) is 11.6 Å². The molecule has 10 heavy (non-hydrogen) atoms. The number of carbonyl (C=O) groups excluding carboxylic acids is 1. The maximum atomic E-state index is 10.2. The Morgan fingerprint density at radius 1 is 1.80 bits per heavy atom. The zero-order chi connectivity index (χ0) is 7.61. The molecule has 1 heteroatoms. The van der Waals surface area contributed by atoms with Crippen LogP contribution in [-0.4, -0.2) is 6.29 Å². The van der Waals surface area contributed by atoms with Crippen molar-refractivity contribution in [2.24, 2.45) is 5.41 Å². The average molecular weight is 138 g/mol. The molecule has 0 radical (unpaired) electrons. The highest BCUT2D eigenvalue weighted by Gasteiger charge is 2.25. The monoisotopic (exact) mass is 138 g/mol. The number of aldehydes is 1. The molecule has 0 aromatic carbocycles. The van der Waals surface area contributed by atoms with Crippen molar-refractivity contribution >= 4 is 6.29 Å². The van der Waals surface area contributed by atoms with E-state index in [0.717, 1.165) is 12.7 Å². The predicted molar refractivity (Wildman–Crippen MR) is 41.8 cm³/mol. The largest absolute Gasteiger partial charge is 0.303 e. The first-order valence-corrected chi connectivity index (χ1v) is 3.78. The normalized spacial score (nSPS) is 32.0. The lowest BCUT2D eigenvalue weighted by molar-refractivity contribution is -0.109. The van der Waals surface area contributed by atoms with Crippen molar-refractivity contribution in [1.29, 1.82) is 0 Å². The third kappa shape index (κ3) is 1.47. The molecule has 0 fully saturated rings. The van der Waals surface area contributed by atoms with Crippen molar-refractivity contribution in [3.8, 4) is 0 Å². The van der Waals surface area contributed by atoms with E-state index in [1.807, 2.05) is 0 Å². The van der Waals surface area contributed by atoms with E-state index in [1.165, 1.54) is 12.0 Å². The van der Waals surface area contributed by atoms with Gasteiger partial charge < -0.3 is 4.79 Å². The maximum absolute atomic E-state index is 10.2. The summed E-state index contributed by atoms with van der Waals surface area (Å²) in [5, 5.41) is 0. The first kappa shape index (κ1) is 7.52. The summed E-state index contributed by atoms with van der Waals surface area (Å²) in [5.41, 5.74) is 1.62. The Bertz CT molecular complexity index is 170. The van der Waals surface area contributed by atoms with Gasteiger partial charge in [0, 0.05) is 6.42 Å². The number of hydrogen-bond acceptors (Lipinski definition) is 1. The lowest BCUT2D eigenvalue weighted by atomic mass is 9.87. The van der Waals surface area contributed by atoms with Gasteiger partial charge in [-0.25, -0.2) is 0 Å². The third-order valence-corrected chi connectivity index (χ3v) is 2.23. The molecule has 0 saturated heterocycles. The van der Waals surface area contributed by atoms with Gasteiger partial charge in [-0.05, 0) is 25.2 Å². The molecule has 0 bridgehead atoms. The fourth-order valence-corrected chi connectivity index (χ4v) is 1.57. The summed E-state index contributed by atoms with van der Waals surface area (Å²) in [5.74, 6) is 0. The number of hydrogen-bond donors (Lipinski definition) is 0. The average Bonchev–Trinajstić information content (AvgIpc) is 2.12. The highest BCUT2D eigenvalue weighted by Crippen LogP contribution is 2.37. The molecule has 0 N–H and O–H groups in total. The Kier molecular flexibility index (Phi) is 1.93. The van der Waals surface area contributed by atoms with E-state index in [9.17, 15) is 4.79 Å². The zero-order valence-corrected chi connectivity index (χ0v) is 6.68. The molecule has 0 heterocycles. The van der Waals surface area contributed by atoms with E-state index in [1.54, 1.807) is 0 Å². The highest BCUT2D eigenvalue weighted by molar-refractivity contribution is 5.52. The highest BCUT2D eigenvalue weighted by atomic mass is 16.1. The topological polar surface area (TPSA) is 17.1 Å². The molecule has 0 aromatic heterocycles. The van der Waals surface area contributed by atoms with Gasteiger partial charge in [0.25, 0.3) is 0 Å². The molecule has 0 spiro atoms. The number of carbonyl (C=O) groups is 1. The molecule has 56 valence electrons. The Hall–Kier alpha value is -0.590. The van der Waals surface area contributed by atoms with E-state index >= 15 is 0 Å². The van der Waals surface area contributed by atoms with Crippen molar-refractivity contribution in [2.45, 2.75) is 33.1 Å². The van der Waals surface area contributed by atoms with E-state index in [0.29, 0.717) is 6.42 Å². The van der Waals surface area contributed by atoms with Crippen molar-refractivity contribution in [3.63, 3.8) is 0 Å². The molecule has 1 nitrogen and oxygen atoms in total. The second-order valence-electron chi connectivity index (χ2n) is 3.52. The summed E-state index contributed by atoms with van der Waals surface area (Å²) in [6, 6.07) is 0. The minimum atomic E-state index is 0.186. The smallest absolute Gasteiger partial charge is 0.120 e. The van der Waals surface area contributed by atoms with Gasteiger partial charge in [-0.15, -0.1) is 0 Å². The third-order valence-electron chi connectivity index (χ3n) is 2.23. The molecule has 0 aromatic rings. The standard InChI is InChI=1S/C9H14O/c1-8-3-4-9(2,7-8)5-6-10/h6-7H,3-5H2,1-2H3. The van der Waals surface area contributed by atoms with Crippen LogP contribution >= 0.6 is 0 Å². The van der Waals surface area contributed by atoms with Crippen molar-refractivity contribution in [2.75, 3.05) is 0 Å². The molecule has 1 aliphatic rings. The van der Waals surface area contributed by atoms with E-state index < -0.39 is 0 Å². The first-order chi connectivity index (χ1) is 4.66. The minimum Gasteiger partial charge on any atom is -0.303 e. The van der Waals surface area contributed by atoms with Gasteiger partial charge >= 0.3 is 0 Å². The molecular formula is C9H14O. The van der Waals surface area contributed by atoms with Crippen molar-refractivity contribution < 1.29 is 4.79 Å². The van der Waals surface area contributed by atoms with Crippen molar-refractivity contribution in [1.82, 2.24) is 0 Å². The van der Waals surface area contributed by atoms with Crippen LogP contribution in [0.3, 0.4) is 0 Å². The van der Waals surface area contributed by atoms with Gasteiger partial charge in [0.05, 0.1) is 0 Å². The lowest BCUT2D eigenvalue weighted by Crippen LogP contribution is -2.09. The number of rotatable bonds is 2. The molecular weight excluding hydrogens is 124 g/mol. The van der Waals surface area contributed by atoms with Crippen LogP contribution in [0.5, 0.6) is 0 Å². The van der Waals surface area contributed by atoms with Crippen LogP contribution in [0, 0.1) is 5.41 Å². The quantitative estimate of drug-likeness (QED) is 0.423. The maximum Gasteiger partial charge on any atom is 0.120 e. The summed E-state index contributed by atoms with van der Waals surface area (Å²) in [7, 11) is 0. The molecule has 0 saturated carbocycles. The second-order valence-corrected chi connectivity index (χ2v) is 3.52. The fourth-order valence-electron chi connectivity index (χ4n) is 1.57. The molecule has 1 atom stereocenters. The minimum absolute atomic E-state index is 0.186. The summed E-state index contributed by atoms with van der Waals surface area (Å²) in [6.07, 6.45) is 6.27. The van der Waals surface area contributed by atoms with Gasteiger partial charge in [-0.2, -0.15) is 0 Å². The van der Waals surface area contributed by atoms with Crippen LogP contribution in [0.15, 0.2) is 11.6 Å². The zero-order valence-electron chi connectivity index (χ0n) is 6.68. The van der Waals surface area contributed by atoms with Gasteiger partial charge in [-0.1, -0.05) is 18.6 Å². The lowest BCUT2D eigenvalue weighted by Gasteiger charge is -2.16.